The first-order valence-electron chi connectivity index (χ1n) is 6.10. The number of fused-ring (bicyclic) bond motifs is 1. The summed E-state index contributed by atoms with van der Waals surface area (Å²) in [5.41, 5.74) is 0.405. The SMILES string of the molecule is CCC[N+](N=O)(C(=O)O)c1cccc2ccccc12. The molecule has 0 aliphatic rings. The second-order valence-corrected chi connectivity index (χ2v) is 4.36. The topological polar surface area (TPSA) is 66.7 Å². The Morgan fingerprint density at radius 3 is 2.53 bits per heavy atom. The summed E-state index contributed by atoms with van der Waals surface area (Å²) in [5.74, 6) is 0. The number of rotatable bonds is 4. The number of nitrogens with zero attached hydrogens (tertiary/aromatic N) is 2. The predicted octanol–water partition coefficient (Wildman–Crippen LogP) is 3.92. The van der Waals surface area contributed by atoms with Crippen molar-refractivity contribution in [1.29, 1.82) is 0 Å². The Hall–Kier alpha value is -2.27. The lowest BCUT2D eigenvalue weighted by Gasteiger charge is -2.22. The summed E-state index contributed by atoms with van der Waals surface area (Å²) >= 11 is 0. The fraction of sp³-hybridized carbons (Fsp3) is 0.214. The largest absolute Gasteiger partial charge is 0.549 e. The molecule has 19 heavy (non-hydrogen) atoms. The summed E-state index contributed by atoms with van der Waals surface area (Å²) in [6.07, 6.45) is -0.713. The van der Waals surface area contributed by atoms with Gasteiger partial charge in [0.05, 0.1) is 0 Å². The van der Waals surface area contributed by atoms with Gasteiger partial charge in [0.25, 0.3) is 0 Å². The maximum atomic E-state index is 11.6. The molecule has 2 aromatic rings. The quantitative estimate of drug-likeness (QED) is 0.514. The van der Waals surface area contributed by atoms with Gasteiger partial charge in [0.15, 0.2) is 11.0 Å². The average molecular weight is 259 g/mol. The Labute approximate surface area is 110 Å². The lowest BCUT2D eigenvalue weighted by molar-refractivity contribution is 0.147. The summed E-state index contributed by atoms with van der Waals surface area (Å²) in [6, 6.07) is 12.6. The highest BCUT2D eigenvalue weighted by molar-refractivity contribution is 5.98. The molecule has 1 unspecified atom stereocenters. The van der Waals surface area contributed by atoms with E-state index in [9.17, 15) is 14.8 Å². The van der Waals surface area contributed by atoms with E-state index in [-0.39, 0.29) is 6.54 Å². The van der Waals surface area contributed by atoms with Crippen molar-refractivity contribution < 1.29 is 9.90 Å². The standard InChI is InChI=1S/C14H14N2O3/c1-2-10-16(15-19,14(17)18)13-9-5-7-11-6-3-4-8-12(11)13/h3-9H,2,10H2,1H3/p+1. The second-order valence-electron chi connectivity index (χ2n) is 4.36. The molecule has 2 aromatic carbocycles. The van der Waals surface area contributed by atoms with Gasteiger partial charge in [0.2, 0.25) is 0 Å². The van der Waals surface area contributed by atoms with E-state index in [1.165, 1.54) is 0 Å². The zero-order valence-corrected chi connectivity index (χ0v) is 10.6. The molecule has 0 heterocycles. The Morgan fingerprint density at radius 2 is 1.89 bits per heavy atom. The number of carboxylic acid groups (broad SMARTS) is 1. The van der Waals surface area contributed by atoms with Gasteiger partial charge in [-0.05, 0) is 22.5 Å². The fourth-order valence-electron chi connectivity index (χ4n) is 2.29. The van der Waals surface area contributed by atoms with Gasteiger partial charge in [0, 0.05) is 11.5 Å². The van der Waals surface area contributed by atoms with Crippen molar-refractivity contribution in [3.8, 4) is 0 Å². The van der Waals surface area contributed by atoms with Gasteiger partial charge < -0.3 is 5.11 Å². The van der Waals surface area contributed by atoms with E-state index in [4.69, 9.17) is 0 Å². The number of amides is 1. The fourth-order valence-corrected chi connectivity index (χ4v) is 2.29. The molecule has 0 fully saturated rings. The average Bonchev–Trinajstić information content (AvgIpc) is 2.44. The van der Waals surface area contributed by atoms with Crippen LogP contribution in [-0.4, -0.2) is 17.7 Å². The third-order valence-electron chi connectivity index (χ3n) is 3.17. The van der Waals surface area contributed by atoms with Crippen LogP contribution >= 0.6 is 0 Å². The molecule has 0 aliphatic carbocycles. The smallest absolute Gasteiger partial charge is 0.433 e. The molecule has 1 amide bonds. The van der Waals surface area contributed by atoms with E-state index in [2.05, 4.69) is 5.29 Å². The van der Waals surface area contributed by atoms with E-state index < -0.39 is 10.7 Å². The molecule has 1 N–H and O–H groups in total. The van der Waals surface area contributed by atoms with Crippen molar-refractivity contribution in [3.63, 3.8) is 0 Å². The number of carbonyl (C=O) groups is 1. The molecule has 0 saturated carbocycles. The number of hydrogen-bond donors (Lipinski definition) is 1. The molecule has 0 spiro atoms. The molecule has 5 nitrogen and oxygen atoms in total. The third-order valence-corrected chi connectivity index (χ3v) is 3.17. The maximum Gasteiger partial charge on any atom is 0.549 e. The van der Waals surface area contributed by atoms with Crippen LogP contribution < -0.4 is 4.59 Å². The zero-order chi connectivity index (χ0) is 13.9. The van der Waals surface area contributed by atoms with E-state index in [0.29, 0.717) is 12.1 Å². The third kappa shape index (κ3) is 2.08. The van der Waals surface area contributed by atoms with Gasteiger partial charge >= 0.3 is 6.09 Å². The minimum Gasteiger partial charge on any atom is -0.433 e. The van der Waals surface area contributed by atoms with Gasteiger partial charge in [0.1, 0.15) is 6.54 Å². The van der Waals surface area contributed by atoms with Gasteiger partial charge in [-0.25, -0.2) is 0 Å². The van der Waals surface area contributed by atoms with Crippen molar-refractivity contribution in [2.24, 2.45) is 5.29 Å². The Balaban J connectivity index is 2.76. The number of nitroso groups, excluding NO2 is 1. The highest BCUT2D eigenvalue weighted by Crippen LogP contribution is 2.33. The number of hydrogen-bond acceptors (Lipinski definition) is 3. The van der Waals surface area contributed by atoms with Crippen LogP contribution in [0.4, 0.5) is 10.5 Å². The van der Waals surface area contributed by atoms with E-state index >= 15 is 0 Å². The highest BCUT2D eigenvalue weighted by atomic mass is 16.4. The number of benzene rings is 2. The molecule has 2 rings (SSSR count). The Bertz CT molecular complexity index is 622. The van der Waals surface area contributed by atoms with E-state index in [1.54, 1.807) is 18.2 Å². The van der Waals surface area contributed by atoms with Crippen LogP contribution in [0.25, 0.3) is 10.8 Å². The van der Waals surface area contributed by atoms with Gasteiger partial charge in [-0.3, -0.25) is 0 Å². The molecule has 1 atom stereocenters. The Morgan fingerprint density at radius 1 is 1.21 bits per heavy atom. The number of quaternary nitrogens is 1. The highest BCUT2D eigenvalue weighted by Gasteiger charge is 2.43. The first-order chi connectivity index (χ1) is 9.15. The molecule has 0 saturated heterocycles. The van der Waals surface area contributed by atoms with E-state index in [0.717, 1.165) is 10.8 Å². The van der Waals surface area contributed by atoms with E-state index in [1.807, 2.05) is 31.2 Å². The maximum absolute atomic E-state index is 11.6. The van der Waals surface area contributed by atoms with Crippen LogP contribution in [0.2, 0.25) is 0 Å². The summed E-state index contributed by atoms with van der Waals surface area (Å²) in [6.45, 7) is 1.96. The van der Waals surface area contributed by atoms with Crippen LogP contribution in [0, 0.1) is 4.91 Å². The van der Waals surface area contributed by atoms with Crippen LogP contribution in [0.3, 0.4) is 0 Å². The first-order valence-corrected chi connectivity index (χ1v) is 6.10. The normalized spacial score (nSPS) is 13.9. The summed E-state index contributed by atoms with van der Waals surface area (Å²) < 4.78 is -0.933. The Kier molecular flexibility index (Phi) is 3.57. The van der Waals surface area contributed by atoms with Crippen LogP contribution in [0.1, 0.15) is 13.3 Å². The lowest BCUT2D eigenvalue weighted by Crippen LogP contribution is -2.48. The van der Waals surface area contributed by atoms with Crippen molar-refractivity contribution in [1.82, 2.24) is 4.59 Å². The summed E-state index contributed by atoms with van der Waals surface area (Å²) in [7, 11) is 0. The van der Waals surface area contributed by atoms with Crippen LogP contribution in [0.5, 0.6) is 0 Å². The van der Waals surface area contributed by atoms with Crippen molar-refractivity contribution in [2.75, 3.05) is 6.54 Å². The van der Waals surface area contributed by atoms with Crippen LogP contribution in [0.15, 0.2) is 47.8 Å². The van der Waals surface area contributed by atoms with Crippen LogP contribution in [-0.2, 0) is 0 Å². The van der Waals surface area contributed by atoms with Crippen molar-refractivity contribution in [3.05, 3.63) is 47.4 Å². The molecule has 98 valence electrons. The summed E-state index contributed by atoms with van der Waals surface area (Å²) in [4.78, 5) is 22.8. The van der Waals surface area contributed by atoms with Gasteiger partial charge in [-0.2, -0.15) is 4.79 Å². The molecule has 0 aliphatic heterocycles. The minimum absolute atomic E-state index is 0.132. The van der Waals surface area contributed by atoms with Gasteiger partial charge in [-0.15, -0.1) is 0 Å². The van der Waals surface area contributed by atoms with Gasteiger partial charge in [-0.1, -0.05) is 42.2 Å². The lowest BCUT2D eigenvalue weighted by atomic mass is 10.1. The predicted molar refractivity (Wildman–Crippen MR) is 74.7 cm³/mol. The molecule has 5 heteroatoms. The summed E-state index contributed by atoms with van der Waals surface area (Å²) in [5, 5.41) is 14.0. The van der Waals surface area contributed by atoms with Crippen molar-refractivity contribution in [2.45, 2.75) is 13.3 Å². The molecule has 0 radical (unpaired) electrons. The second kappa shape index (κ2) is 5.16. The zero-order valence-electron chi connectivity index (χ0n) is 10.6. The molecule has 0 aromatic heterocycles. The van der Waals surface area contributed by atoms with Crippen molar-refractivity contribution >= 4 is 22.6 Å². The first kappa shape index (κ1) is 13.2. The molecule has 0 bridgehead atoms. The molecular weight excluding hydrogens is 244 g/mol. The molecular formula is C14H15N2O3+. The monoisotopic (exact) mass is 259 g/mol. The minimum atomic E-state index is -1.26.